The first kappa shape index (κ1) is 24.4. The average Bonchev–Trinajstić information content (AvgIpc) is 2.87. The van der Waals surface area contributed by atoms with Crippen LogP contribution in [-0.2, 0) is 9.53 Å². The molecule has 184 valence electrons. The van der Waals surface area contributed by atoms with Gasteiger partial charge < -0.3 is 15.0 Å². The molecule has 0 radical (unpaired) electrons. The van der Waals surface area contributed by atoms with E-state index in [4.69, 9.17) is 4.74 Å². The highest BCUT2D eigenvalue weighted by Gasteiger charge is 2.37. The van der Waals surface area contributed by atoms with E-state index in [-0.39, 0.29) is 24.4 Å². The van der Waals surface area contributed by atoms with Crippen molar-refractivity contribution in [3.8, 4) is 0 Å². The van der Waals surface area contributed by atoms with Crippen molar-refractivity contribution in [2.45, 2.75) is 13.0 Å². The molecule has 2 aliphatic rings. The number of nitrogens with zero attached hydrogens (tertiary/aromatic N) is 3. The third kappa shape index (κ3) is 5.35. The van der Waals surface area contributed by atoms with Gasteiger partial charge in [-0.15, -0.1) is 0 Å². The number of nitrogens with one attached hydrogen (secondary N) is 1. The molecule has 2 aliphatic heterocycles. The zero-order chi connectivity index (χ0) is 24.9. The molecule has 8 nitrogen and oxygen atoms in total. The summed E-state index contributed by atoms with van der Waals surface area (Å²) in [4.78, 5) is 43.9. The Morgan fingerprint density at radius 2 is 1.69 bits per heavy atom. The van der Waals surface area contributed by atoms with Gasteiger partial charge >= 0.3 is 12.0 Å². The highest BCUT2D eigenvalue weighted by molar-refractivity contribution is 5.95. The van der Waals surface area contributed by atoms with Gasteiger partial charge in [0.15, 0.2) is 0 Å². The Labute approximate surface area is 203 Å². The van der Waals surface area contributed by atoms with Gasteiger partial charge in [-0.05, 0) is 36.8 Å². The number of amides is 3. The summed E-state index contributed by atoms with van der Waals surface area (Å²) in [6.07, 6.45) is 0. The largest absolute Gasteiger partial charge is 0.463 e. The number of benzene rings is 2. The van der Waals surface area contributed by atoms with E-state index in [0.717, 1.165) is 5.56 Å². The molecule has 3 amide bonds. The molecule has 4 rings (SSSR count). The second kappa shape index (κ2) is 10.7. The molecule has 1 saturated heterocycles. The number of hydrogen-bond acceptors (Lipinski definition) is 5. The van der Waals surface area contributed by atoms with Gasteiger partial charge in [-0.3, -0.25) is 14.6 Å². The van der Waals surface area contributed by atoms with E-state index in [1.165, 1.54) is 29.2 Å². The lowest BCUT2D eigenvalue weighted by atomic mass is 9.94. The van der Waals surface area contributed by atoms with Crippen LogP contribution in [0.5, 0.6) is 0 Å². The van der Waals surface area contributed by atoms with Gasteiger partial charge in [0.25, 0.3) is 5.91 Å². The highest BCUT2D eigenvalue weighted by atomic mass is 19.1. The van der Waals surface area contributed by atoms with E-state index in [0.29, 0.717) is 49.6 Å². The van der Waals surface area contributed by atoms with E-state index in [1.54, 1.807) is 18.9 Å². The van der Waals surface area contributed by atoms with E-state index in [2.05, 4.69) is 10.2 Å². The lowest BCUT2D eigenvalue weighted by Gasteiger charge is -2.39. The molecule has 0 unspecified atom stereocenters. The standard InChI is InChI=1S/C26H29FN4O4/c1-3-35-25(33)22-21(29(2)26(34)28-23(22)18-7-5-4-6-8-18)17-30-13-15-31(16-14-30)24(32)19-9-11-20(27)12-10-19/h4-12,23H,3,13-17H2,1-2H3,(H,28,34)/t23-/m0/s1. The zero-order valence-corrected chi connectivity index (χ0v) is 19.9. The molecule has 9 heteroatoms. The molecule has 1 fully saturated rings. The molecular weight excluding hydrogens is 451 g/mol. The van der Waals surface area contributed by atoms with Crippen molar-refractivity contribution in [2.24, 2.45) is 0 Å². The van der Waals surface area contributed by atoms with Crippen molar-refractivity contribution in [1.82, 2.24) is 20.0 Å². The molecule has 0 aliphatic carbocycles. The number of esters is 1. The number of rotatable bonds is 6. The van der Waals surface area contributed by atoms with Crippen molar-refractivity contribution < 1.29 is 23.5 Å². The summed E-state index contributed by atoms with van der Waals surface area (Å²) in [5, 5.41) is 2.91. The van der Waals surface area contributed by atoms with E-state index >= 15 is 0 Å². The number of carbonyl (C=O) groups excluding carboxylic acids is 3. The van der Waals surface area contributed by atoms with Gasteiger partial charge in [0.1, 0.15) is 5.82 Å². The van der Waals surface area contributed by atoms with Gasteiger partial charge in [-0.1, -0.05) is 30.3 Å². The van der Waals surface area contributed by atoms with Crippen molar-refractivity contribution in [3.05, 3.63) is 82.8 Å². The van der Waals surface area contributed by atoms with Crippen LogP contribution in [0.15, 0.2) is 65.9 Å². The fourth-order valence-electron chi connectivity index (χ4n) is 4.39. The number of piperazine rings is 1. The predicted molar refractivity (Wildman–Crippen MR) is 128 cm³/mol. The van der Waals surface area contributed by atoms with E-state index in [9.17, 15) is 18.8 Å². The van der Waals surface area contributed by atoms with Crippen molar-refractivity contribution >= 4 is 17.9 Å². The molecule has 0 saturated carbocycles. The number of urea groups is 1. The minimum Gasteiger partial charge on any atom is -0.463 e. The Morgan fingerprint density at radius 3 is 2.31 bits per heavy atom. The van der Waals surface area contributed by atoms with Gasteiger partial charge in [0.05, 0.1) is 18.2 Å². The first-order chi connectivity index (χ1) is 16.9. The summed E-state index contributed by atoms with van der Waals surface area (Å²) in [5.41, 5.74) is 2.23. The third-order valence-electron chi connectivity index (χ3n) is 6.33. The molecule has 1 atom stereocenters. The van der Waals surface area contributed by atoms with Crippen molar-refractivity contribution in [3.63, 3.8) is 0 Å². The summed E-state index contributed by atoms with van der Waals surface area (Å²) < 4.78 is 18.6. The number of ether oxygens (including phenoxy) is 1. The number of carbonyl (C=O) groups is 3. The molecule has 2 aromatic carbocycles. The minimum atomic E-state index is -0.615. The summed E-state index contributed by atoms with van der Waals surface area (Å²) >= 11 is 0. The second-order valence-electron chi connectivity index (χ2n) is 8.51. The van der Waals surface area contributed by atoms with Crippen LogP contribution >= 0.6 is 0 Å². The average molecular weight is 481 g/mol. The fourth-order valence-corrected chi connectivity index (χ4v) is 4.39. The summed E-state index contributed by atoms with van der Waals surface area (Å²) in [7, 11) is 1.64. The van der Waals surface area contributed by atoms with Crippen LogP contribution in [0.25, 0.3) is 0 Å². The van der Waals surface area contributed by atoms with Crippen LogP contribution in [0.3, 0.4) is 0 Å². The summed E-state index contributed by atoms with van der Waals surface area (Å²) in [6, 6.07) is 13.9. The lowest BCUT2D eigenvalue weighted by Crippen LogP contribution is -2.53. The zero-order valence-electron chi connectivity index (χ0n) is 19.9. The predicted octanol–water partition coefficient (Wildman–Crippen LogP) is 2.80. The monoisotopic (exact) mass is 480 g/mol. The molecular formula is C26H29FN4O4. The Morgan fingerprint density at radius 1 is 1.03 bits per heavy atom. The number of hydrogen-bond donors (Lipinski definition) is 1. The first-order valence-electron chi connectivity index (χ1n) is 11.7. The molecule has 0 aromatic heterocycles. The molecule has 1 N–H and O–H groups in total. The minimum absolute atomic E-state index is 0.144. The van der Waals surface area contributed by atoms with Crippen molar-refractivity contribution in [2.75, 3.05) is 46.4 Å². The highest BCUT2D eigenvalue weighted by Crippen LogP contribution is 2.31. The van der Waals surface area contributed by atoms with Gasteiger partial charge in [-0.2, -0.15) is 0 Å². The summed E-state index contributed by atoms with van der Waals surface area (Å²) in [5.74, 6) is -0.991. The number of likely N-dealkylation sites (N-methyl/N-ethyl adjacent to an activating group) is 1. The molecule has 35 heavy (non-hydrogen) atoms. The maximum Gasteiger partial charge on any atom is 0.338 e. The second-order valence-corrected chi connectivity index (χ2v) is 8.51. The van der Waals surface area contributed by atoms with Gasteiger partial charge in [-0.25, -0.2) is 14.0 Å². The van der Waals surface area contributed by atoms with Gasteiger partial charge in [0, 0.05) is 51.0 Å². The molecule has 2 heterocycles. The third-order valence-corrected chi connectivity index (χ3v) is 6.33. The smallest absolute Gasteiger partial charge is 0.338 e. The van der Waals surface area contributed by atoms with Crippen molar-refractivity contribution in [1.29, 1.82) is 0 Å². The van der Waals surface area contributed by atoms with Crippen LogP contribution < -0.4 is 5.32 Å². The van der Waals surface area contributed by atoms with Crippen LogP contribution in [0.4, 0.5) is 9.18 Å². The van der Waals surface area contributed by atoms with Crippen LogP contribution in [0, 0.1) is 5.82 Å². The lowest BCUT2D eigenvalue weighted by molar-refractivity contribution is -0.139. The topological polar surface area (TPSA) is 82.2 Å². The maximum atomic E-state index is 13.2. The molecule has 0 spiro atoms. The van der Waals surface area contributed by atoms with E-state index < -0.39 is 12.0 Å². The SMILES string of the molecule is CCOC(=O)C1=C(CN2CCN(C(=O)c3ccc(F)cc3)CC2)N(C)C(=O)N[C@H]1c1ccccc1. The first-order valence-corrected chi connectivity index (χ1v) is 11.7. The quantitative estimate of drug-likeness (QED) is 0.643. The van der Waals surface area contributed by atoms with E-state index in [1.807, 2.05) is 30.3 Å². The molecule has 2 aromatic rings. The Bertz CT molecular complexity index is 1110. The number of halogens is 1. The Balaban J connectivity index is 1.54. The fraction of sp³-hybridized carbons (Fsp3) is 0.346. The maximum absolute atomic E-state index is 13.2. The van der Waals surface area contributed by atoms with Crippen LogP contribution in [0.1, 0.15) is 28.9 Å². The molecule has 0 bridgehead atoms. The summed E-state index contributed by atoms with van der Waals surface area (Å²) in [6.45, 7) is 4.43. The Hall–Kier alpha value is -3.72. The Kier molecular flexibility index (Phi) is 7.45. The van der Waals surface area contributed by atoms with Crippen LogP contribution in [-0.4, -0.2) is 79.0 Å². The normalized spacial score (nSPS) is 18.9. The van der Waals surface area contributed by atoms with Crippen LogP contribution in [0.2, 0.25) is 0 Å². The van der Waals surface area contributed by atoms with Gasteiger partial charge in [0.2, 0.25) is 0 Å².